The van der Waals surface area contributed by atoms with Crippen molar-refractivity contribution in [3.63, 3.8) is 0 Å². The predicted molar refractivity (Wildman–Crippen MR) is 106 cm³/mol. The fourth-order valence-corrected chi connectivity index (χ4v) is 3.58. The molecule has 0 bridgehead atoms. The largest absolute Gasteiger partial charge is 0.369 e. The second-order valence-corrected chi connectivity index (χ2v) is 6.81. The summed E-state index contributed by atoms with van der Waals surface area (Å²) in [5.41, 5.74) is 4.84. The van der Waals surface area contributed by atoms with Gasteiger partial charge in [0, 0.05) is 38.4 Å². The SMILES string of the molecule is Fc1cccc(N2CCN(Cc3cccc(-c4ccccc4)c3)CC2)c1. The van der Waals surface area contributed by atoms with Crippen LogP contribution < -0.4 is 4.90 Å². The molecule has 0 amide bonds. The van der Waals surface area contributed by atoms with Crippen molar-refractivity contribution in [3.8, 4) is 11.1 Å². The monoisotopic (exact) mass is 346 g/mol. The van der Waals surface area contributed by atoms with Crippen molar-refractivity contribution in [2.75, 3.05) is 31.1 Å². The standard InChI is InChI=1S/C23H23FN2/c24-22-10-5-11-23(17-22)26-14-12-25(13-15-26)18-19-6-4-9-21(16-19)20-7-2-1-3-8-20/h1-11,16-17H,12-15,18H2. The first-order valence-electron chi connectivity index (χ1n) is 9.15. The van der Waals surface area contributed by atoms with Crippen molar-refractivity contribution in [2.24, 2.45) is 0 Å². The molecular weight excluding hydrogens is 323 g/mol. The highest BCUT2D eigenvalue weighted by Gasteiger charge is 2.17. The predicted octanol–water partition coefficient (Wildman–Crippen LogP) is 4.81. The number of piperazine rings is 1. The first-order chi connectivity index (χ1) is 12.8. The maximum Gasteiger partial charge on any atom is 0.125 e. The fourth-order valence-electron chi connectivity index (χ4n) is 3.58. The Morgan fingerprint density at radius 3 is 2.19 bits per heavy atom. The van der Waals surface area contributed by atoms with Gasteiger partial charge < -0.3 is 4.90 Å². The quantitative estimate of drug-likeness (QED) is 0.668. The molecule has 0 unspecified atom stereocenters. The van der Waals surface area contributed by atoms with Gasteiger partial charge in [0.1, 0.15) is 5.82 Å². The Morgan fingerprint density at radius 1 is 0.692 bits per heavy atom. The van der Waals surface area contributed by atoms with Crippen molar-refractivity contribution in [2.45, 2.75) is 6.54 Å². The number of hydrogen-bond acceptors (Lipinski definition) is 2. The van der Waals surface area contributed by atoms with Gasteiger partial charge in [0.2, 0.25) is 0 Å². The van der Waals surface area contributed by atoms with Crippen LogP contribution in [0.4, 0.5) is 10.1 Å². The fraction of sp³-hybridized carbons (Fsp3) is 0.217. The molecule has 0 aliphatic carbocycles. The minimum absolute atomic E-state index is 0.164. The topological polar surface area (TPSA) is 6.48 Å². The van der Waals surface area contributed by atoms with Crippen molar-refractivity contribution in [1.29, 1.82) is 0 Å². The Hall–Kier alpha value is -2.65. The minimum atomic E-state index is -0.164. The molecular formula is C23H23FN2. The van der Waals surface area contributed by atoms with Crippen molar-refractivity contribution in [1.82, 2.24) is 4.90 Å². The van der Waals surface area contributed by atoms with E-state index in [-0.39, 0.29) is 5.82 Å². The second-order valence-electron chi connectivity index (χ2n) is 6.81. The Kier molecular flexibility index (Phi) is 4.98. The molecule has 4 rings (SSSR count). The van der Waals surface area contributed by atoms with Crippen LogP contribution >= 0.6 is 0 Å². The molecule has 0 spiro atoms. The molecule has 0 atom stereocenters. The van der Waals surface area contributed by atoms with Gasteiger partial charge in [-0.3, -0.25) is 4.90 Å². The van der Waals surface area contributed by atoms with Crippen LogP contribution in [-0.4, -0.2) is 31.1 Å². The highest BCUT2D eigenvalue weighted by Crippen LogP contribution is 2.22. The lowest BCUT2D eigenvalue weighted by Gasteiger charge is -2.36. The zero-order chi connectivity index (χ0) is 17.8. The summed E-state index contributed by atoms with van der Waals surface area (Å²) in [4.78, 5) is 4.74. The minimum Gasteiger partial charge on any atom is -0.369 e. The molecule has 0 aromatic heterocycles. The van der Waals surface area contributed by atoms with Crippen LogP contribution in [-0.2, 0) is 6.54 Å². The lowest BCUT2D eigenvalue weighted by atomic mass is 10.0. The summed E-state index contributed by atoms with van der Waals surface area (Å²) in [5.74, 6) is -0.164. The zero-order valence-electron chi connectivity index (χ0n) is 14.8. The summed E-state index contributed by atoms with van der Waals surface area (Å²) >= 11 is 0. The van der Waals surface area contributed by atoms with E-state index in [4.69, 9.17) is 0 Å². The third kappa shape index (κ3) is 3.94. The molecule has 1 heterocycles. The van der Waals surface area contributed by atoms with Crippen LogP contribution in [0.25, 0.3) is 11.1 Å². The van der Waals surface area contributed by atoms with Gasteiger partial charge in [0.25, 0.3) is 0 Å². The molecule has 0 radical (unpaired) electrons. The van der Waals surface area contributed by atoms with Gasteiger partial charge in [-0.1, -0.05) is 54.6 Å². The molecule has 1 aliphatic heterocycles. The number of hydrogen-bond donors (Lipinski definition) is 0. The molecule has 3 aromatic rings. The van der Waals surface area contributed by atoms with Crippen molar-refractivity contribution >= 4 is 5.69 Å². The number of anilines is 1. The maximum atomic E-state index is 13.4. The Bertz CT molecular complexity index is 855. The molecule has 3 aromatic carbocycles. The van der Waals surface area contributed by atoms with E-state index in [0.29, 0.717) is 0 Å². The van der Waals surface area contributed by atoms with Crippen LogP contribution in [0, 0.1) is 5.82 Å². The summed E-state index contributed by atoms with van der Waals surface area (Å²) in [5, 5.41) is 0. The highest BCUT2D eigenvalue weighted by molar-refractivity contribution is 5.63. The molecule has 1 fully saturated rings. The van der Waals surface area contributed by atoms with E-state index in [1.807, 2.05) is 12.1 Å². The average molecular weight is 346 g/mol. The van der Waals surface area contributed by atoms with Gasteiger partial charge in [-0.2, -0.15) is 0 Å². The van der Waals surface area contributed by atoms with Gasteiger partial charge in [-0.25, -0.2) is 4.39 Å². The van der Waals surface area contributed by atoms with Gasteiger partial charge in [-0.15, -0.1) is 0 Å². The lowest BCUT2D eigenvalue weighted by Crippen LogP contribution is -2.46. The number of halogens is 1. The van der Waals surface area contributed by atoms with Crippen LogP contribution in [0.1, 0.15) is 5.56 Å². The van der Waals surface area contributed by atoms with Crippen molar-refractivity contribution in [3.05, 3.63) is 90.2 Å². The average Bonchev–Trinajstić information content (AvgIpc) is 2.69. The first-order valence-corrected chi connectivity index (χ1v) is 9.15. The van der Waals surface area contributed by atoms with Gasteiger partial charge >= 0.3 is 0 Å². The molecule has 26 heavy (non-hydrogen) atoms. The third-order valence-corrected chi connectivity index (χ3v) is 4.99. The molecule has 1 aliphatic rings. The summed E-state index contributed by atoms with van der Waals surface area (Å²) < 4.78 is 13.4. The van der Waals surface area contributed by atoms with Crippen LogP contribution in [0.15, 0.2) is 78.9 Å². The summed E-state index contributed by atoms with van der Waals surface area (Å²) in [6.07, 6.45) is 0. The van der Waals surface area contributed by atoms with Gasteiger partial charge in [-0.05, 0) is 41.0 Å². The smallest absolute Gasteiger partial charge is 0.125 e. The van der Waals surface area contributed by atoms with Crippen LogP contribution in [0.3, 0.4) is 0 Å². The van der Waals surface area contributed by atoms with E-state index >= 15 is 0 Å². The summed E-state index contributed by atoms with van der Waals surface area (Å²) in [7, 11) is 0. The van der Waals surface area contributed by atoms with Crippen LogP contribution in [0.2, 0.25) is 0 Å². The lowest BCUT2D eigenvalue weighted by molar-refractivity contribution is 0.250. The molecule has 132 valence electrons. The zero-order valence-corrected chi connectivity index (χ0v) is 14.8. The molecule has 2 nitrogen and oxygen atoms in total. The van der Waals surface area contributed by atoms with E-state index in [9.17, 15) is 4.39 Å². The van der Waals surface area contributed by atoms with E-state index in [2.05, 4.69) is 58.3 Å². The number of rotatable bonds is 4. The molecule has 3 heteroatoms. The Morgan fingerprint density at radius 2 is 1.42 bits per heavy atom. The molecule has 0 saturated carbocycles. The van der Waals surface area contributed by atoms with E-state index in [1.165, 1.54) is 22.8 Å². The van der Waals surface area contributed by atoms with Gasteiger partial charge in [0.05, 0.1) is 0 Å². The van der Waals surface area contributed by atoms with E-state index < -0.39 is 0 Å². The number of nitrogens with zero attached hydrogens (tertiary/aromatic N) is 2. The molecule has 0 N–H and O–H groups in total. The van der Waals surface area contributed by atoms with E-state index in [1.54, 1.807) is 12.1 Å². The Labute approximate surface area is 154 Å². The Balaban J connectivity index is 1.39. The highest BCUT2D eigenvalue weighted by atomic mass is 19.1. The summed E-state index contributed by atoms with van der Waals surface area (Å²) in [6, 6.07) is 26.2. The molecule has 1 saturated heterocycles. The van der Waals surface area contributed by atoms with Crippen molar-refractivity contribution < 1.29 is 4.39 Å². The number of benzene rings is 3. The maximum absolute atomic E-state index is 13.4. The van der Waals surface area contributed by atoms with Gasteiger partial charge in [0.15, 0.2) is 0 Å². The third-order valence-electron chi connectivity index (χ3n) is 4.99. The van der Waals surface area contributed by atoms with E-state index in [0.717, 1.165) is 38.4 Å². The normalized spacial score (nSPS) is 15.2. The van der Waals surface area contributed by atoms with Crippen LogP contribution in [0.5, 0.6) is 0 Å². The second kappa shape index (κ2) is 7.71. The first kappa shape index (κ1) is 16.8. The summed E-state index contributed by atoms with van der Waals surface area (Å²) in [6.45, 7) is 4.81.